The van der Waals surface area contributed by atoms with E-state index in [4.69, 9.17) is 11.5 Å². The van der Waals surface area contributed by atoms with E-state index in [1.807, 2.05) is 0 Å². The van der Waals surface area contributed by atoms with E-state index in [-0.39, 0.29) is 6.04 Å². The van der Waals surface area contributed by atoms with E-state index in [1.165, 1.54) is 0 Å². The molecule has 0 radical (unpaired) electrons. The van der Waals surface area contributed by atoms with Crippen molar-refractivity contribution in [2.75, 3.05) is 31.1 Å². The molecule has 0 rings (SSSR count). The highest BCUT2D eigenvalue weighted by Gasteiger charge is 2.08. The third kappa shape index (κ3) is 6.15. The molecule has 0 aromatic heterocycles. The van der Waals surface area contributed by atoms with Crippen molar-refractivity contribution in [1.82, 2.24) is 0 Å². The van der Waals surface area contributed by atoms with Gasteiger partial charge in [-0.25, -0.2) is 10.0 Å². The molecule has 0 aromatic rings. The van der Waals surface area contributed by atoms with Gasteiger partial charge in [-0.3, -0.25) is 0 Å². The first kappa shape index (κ1) is 9.27. The van der Waals surface area contributed by atoms with Crippen LogP contribution in [0.2, 0.25) is 0 Å². The van der Waals surface area contributed by atoms with Gasteiger partial charge in [0.25, 0.3) is 0 Å². The number of hydrogen-bond donors (Lipinski definition) is 2. The van der Waals surface area contributed by atoms with Crippen LogP contribution in [0.1, 0.15) is 0 Å². The summed E-state index contributed by atoms with van der Waals surface area (Å²) in [4.78, 5) is 0. The zero-order valence-electron chi connectivity index (χ0n) is 6.55. The minimum absolute atomic E-state index is 0.208. The molecular weight excluding hydrogens is 132 g/mol. The molecule has 58 valence electrons. The Kier molecular flexibility index (Phi) is 3.54. The van der Waals surface area contributed by atoms with Gasteiger partial charge in [0.1, 0.15) is 0 Å². The van der Waals surface area contributed by atoms with Gasteiger partial charge in [0, 0.05) is 12.6 Å². The molecule has 9 heavy (non-hydrogen) atoms. The van der Waals surface area contributed by atoms with Crippen LogP contribution in [0.5, 0.6) is 0 Å². The molecule has 0 fully saturated rings. The fourth-order valence-electron chi connectivity index (χ4n) is 0.710. The molecular formula is C6H18N2S. The van der Waals surface area contributed by atoms with Gasteiger partial charge in [-0.2, -0.15) is 0 Å². The van der Waals surface area contributed by atoms with E-state index < -0.39 is 10.0 Å². The van der Waals surface area contributed by atoms with Crippen LogP contribution in [-0.4, -0.2) is 37.1 Å². The van der Waals surface area contributed by atoms with Crippen molar-refractivity contribution < 1.29 is 0 Å². The zero-order chi connectivity index (χ0) is 7.49. The van der Waals surface area contributed by atoms with Gasteiger partial charge in [-0.1, -0.05) is 0 Å². The summed E-state index contributed by atoms with van der Waals surface area (Å²) < 4.78 is 0. The third-order valence-electron chi connectivity index (χ3n) is 1.02. The van der Waals surface area contributed by atoms with E-state index in [9.17, 15) is 0 Å². The average molecular weight is 150 g/mol. The van der Waals surface area contributed by atoms with Crippen molar-refractivity contribution in [2.24, 2.45) is 11.5 Å². The lowest BCUT2D eigenvalue weighted by molar-refractivity contribution is 0.760. The molecule has 0 heterocycles. The highest BCUT2D eigenvalue weighted by atomic mass is 32.3. The van der Waals surface area contributed by atoms with Gasteiger partial charge in [-0.05, 0) is 24.5 Å². The molecule has 0 bridgehead atoms. The Bertz CT molecular complexity index is 77.6. The smallest absolute Gasteiger partial charge is 0.0240 e. The molecule has 0 aliphatic carbocycles. The summed E-state index contributed by atoms with van der Waals surface area (Å²) in [5, 5.41) is 0. The Morgan fingerprint density at radius 2 is 1.78 bits per heavy atom. The molecule has 0 aromatic carbocycles. The summed E-state index contributed by atoms with van der Waals surface area (Å²) in [6, 6.07) is 0.208. The summed E-state index contributed by atoms with van der Waals surface area (Å²) >= 11 is 0. The molecule has 0 aliphatic heterocycles. The predicted molar refractivity (Wildman–Crippen MR) is 47.3 cm³/mol. The van der Waals surface area contributed by atoms with Gasteiger partial charge in [0.15, 0.2) is 0 Å². The summed E-state index contributed by atoms with van der Waals surface area (Å²) in [7, 11) is -0.440. The topological polar surface area (TPSA) is 52.0 Å². The van der Waals surface area contributed by atoms with Crippen molar-refractivity contribution >= 4 is 10.0 Å². The van der Waals surface area contributed by atoms with Gasteiger partial charge < -0.3 is 11.5 Å². The maximum atomic E-state index is 5.65. The zero-order valence-corrected chi connectivity index (χ0v) is 7.37. The molecule has 0 aliphatic rings. The molecule has 2 nitrogen and oxygen atoms in total. The molecule has 1 unspecified atom stereocenters. The second-order valence-electron chi connectivity index (χ2n) is 3.25. The van der Waals surface area contributed by atoms with Crippen LogP contribution in [0.3, 0.4) is 0 Å². The van der Waals surface area contributed by atoms with E-state index in [2.05, 4.69) is 18.8 Å². The minimum atomic E-state index is -0.440. The first-order valence-electron chi connectivity index (χ1n) is 3.07. The maximum absolute atomic E-state index is 5.65. The normalized spacial score (nSPS) is 17.4. The molecule has 0 saturated carbocycles. The standard InChI is InChI=1S/C6H18N2S/c1-9(2,3)5-6(8)4-7/h6H,4-5,7-8H2,1-3H3. The number of hydrogen-bond acceptors (Lipinski definition) is 2. The summed E-state index contributed by atoms with van der Waals surface area (Å²) in [6.07, 6.45) is 6.76. The van der Waals surface area contributed by atoms with Crippen LogP contribution in [0.25, 0.3) is 0 Å². The van der Waals surface area contributed by atoms with E-state index >= 15 is 0 Å². The van der Waals surface area contributed by atoms with E-state index in [1.54, 1.807) is 0 Å². The summed E-state index contributed by atoms with van der Waals surface area (Å²) in [5.74, 6) is 1.09. The molecule has 0 spiro atoms. The SMILES string of the molecule is CS(C)(C)CC(N)CN. The number of rotatable bonds is 3. The van der Waals surface area contributed by atoms with Crippen molar-refractivity contribution in [3.63, 3.8) is 0 Å². The monoisotopic (exact) mass is 150 g/mol. The Balaban J connectivity index is 3.47. The lowest BCUT2D eigenvalue weighted by atomic mass is 10.4. The van der Waals surface area contributed by atoms with Gasteiger partial charge in [0.2, 0.25) is 0 Å². The van der Waals surface area contributed by atoms with E-state index in [0.717, 1.165) is 5.75 Å². The molecule has 1 atom stereocenters. The summed E-state index contributed by atoms with van der Waals surface area (Å²) in [6.45, 7) is 0.615. The maximum Gasteiger partial charge on any atom is 0.0240 e. The Hall–Kier alpha value is 0.270. The Morgan fingerprint density at radius 1 is 1.33 bits per heavy atom. The first-order valence-corrected chi connectivity index (χ1v) is 6.10. The molecule has 3 heteroatoms. The van der Waals surface area contributed by atoms with E-state index in [0.29, 0.717) is 6.54 Å². The largest absolute Gasteiger partial charge is 0.329 e. The molecule has 0 saturated heterocycles. The van der Waals surface area contributed by atoms with Gasteiger partial charge in [-0.15, -0.1) is 0 Å². The van der Waals surface area contributed by atoms with Crippen LogP contribution in [0.4, 0.5) is 0 Å². The van der Waals surface area contributed by atoms with Crippen LogP contribution >= 0.6 is 10.0 Å². The van der Waals surface area contributed by atoms with Crippen LogP contribution < -0.4 is 11.5 Å². The van der Waals surface area contributed by atoms with Crippen molar-refractivity contribution in [2.45, 2.75) is 6.04 Å². The van der Waals surface area contributed by atoms with Crippen molar-refractivity contribution in [1.29, 1.82) is 0 Å². The average Bonchev–Trinajstić information content (AvgIpc) is 1.62. The lowest BCUT2D eigenvalue weighted by Crippen LogP contribution is -2.34. The molecule has 4 N–H and O–H groups in total. The summed E-state index contributed by atoms with van der Waals surface area (Å²) in [5.41, 5.74) is 11.0. The minimum Gasteiger partial charge on any atom is -0.329 e. The van der Waals surface area contributed by atoms with Crippen molar-refractivity contribution in [3.05, 3.63) is 0 Å². The fraction of sp³-hybridized carbons (Fsp3) is 1.00. The lowest BCUT2D eigenvalue weighted by Gasteiger charge is -2.27. The Labute approximate surface area is 59.3 Å². The molecule has 0 amide bonds. The predicted octanol–water partition coefficient (Wildman–Crippen LogP) is -0.0336. The quantitative estimate of drug-likeness (QED) is 0.593. The van der Waals surface area contributed by atoms with Crippen LogP contribution in [0.15, 0.2) is 0 Å². The number of nitrogens with two attached hydrogens (primary N) is 2. The van der Waals surface area contributed by atoms with Crippen LogP contribution in [0, 0.1) is 0 Å². The highest BCUT2D eigenvalue weighted by Crippen LogP contribution is 2.34. The highest BCUT2D eigenvalue weighted by molar-refractivity contribution is 8.32. The van der Waals surface area contributed by atoms with Gasteiger partial charge in [0.05, 0.1) is 0 Å². The van der Waals surface area contributed by atoms with Crippen LogP contribution in [-0.2, 0) is 0 Å². The first-order chi connectivity index (χ1) is 3.95. The second-order valence-corrected chi connectivity index (χ2v) is 7.77. The second kappa shape index (κ2) is 3.44. The Morgan fingerprint density at radius 3 is 1.89 bits per heavy atom. The van der Waals surface area contributed by atoms with Crippen molar-refractivity contribution in [3.8, 4) is 0 Å². The van der Waals surface area contributed by atoms with Gasteiger partial charge >= 0.3 is 0 Å². The third-order valence-corrected chi connectivity index (χ3v) is 2.44. The fourth-order valence-corrected chi connectivity index (χ4v) is 2.13.